The number of nitrogens with zero attached hydrogens (tertiary/aromatic N) is 1. The van der Waals surface area contributed by atoms with Gasteiger partial charge < -0.3 is 10.1 Å². The molecule has 9 nitrogen and oxygen atoms in total. The second-order valence-electron chi connectivity index (χ2n) is 5.52. The van der Waals surface area contributed by atoms with Gasteiger partial charge in [0.15, 0.2) is 6.61 Å². The molecule has 1 aliphatic heterocycles. The van der Waals surface area contributed by atoms with Gasteiger partial charge in [0.2, 0.25) is 10.0 Å². The standard InChI is InChI=1S/C16H19N3O6S/c1-12-2-4-13(5-3-12)6-9-26(23,24)18-10-15(21)25-11-14(20)19-8-7-17-16(19)22/h2-6,9,18H,7-8,10-11H2,1H3,(H,17,22)/b9-6+. The molecule has 2 N–H and O–H groups in total. The number of sulfonamides is 1. The number of hydrogen-bond donors (Lipinski definition) is 2. The number of ether oxygens (including phenoxy) is 1. The van der Waals surface area contributed by atoms with E-state index in [0.29, 0.717) is 12.1 Å². The van der Waals surface area contributed by atoms with E-state index in [-0.39, 0.29) is 6.54 Å². The number of nitrogens with one attached hydrogen (secondary N) is 2. The van der Waals surface area contributed by atoms with E-state index in [1.807, 2.05) is 23.8 Å². The van der Waals surface area contributed by atoms with Crippen LogP contribution in [0.1, 0.15) is 11.1 Å². The van der Waals surface area contributed by atoms with E-state index >= 15 is 0 Å². The first-order chi connectivity index (χ1) is 12.3. The molecular formula is C16H19N3O6S. The van der Waals surface area contributed by atoms with Gasteiger partial charge in [-0.05, 0) is 18.6 Å². The third-order valence-corrected chi connectivity index (χ3v) is 4.49. The smallest absolute Gasteiger partial charge is 0.324 e. The number of amides is 3. The van der Waals surface area contributed by atoms with Crippen LogP contribution in [0.25, 0.3) is 6.08 Å². The van der Waals surface area contributed by atoms with Gasteiger partial charge in [-0.3, -0.25) is 14.5 Å². The molecule has 1 aromatic rings. The molecule has 3 amide bonds. The summed E-state index contributed by atoms with van der Waals surface area (Å²) in [6.45, 7) is 1.20. The predicted octanol–water partition coefficient (Wildman–Crippen LogP) is -0.0199. The highest BCUT2D eigenvalue weighted by atomic mass is 32.2. The Labute approximate surface area is 151 Å². The van der Waals surface area contributed by atoms with Gasteiger partial charge in [-0.15, -0.1) is 0 Å². The molecule has 1 aromatic carbocycles. The van der Waals surface area contributed by atoms with Crippen LogP contribution in [0, 0.1) is 6.92 Å². The summed E-state index contributed by atoms with van der Waals surface area (Å²) in [6, 6.07) is 6.66. The highest BCUT2D eigenvalue weighted by Gasteiger charge is 2.26. The van der Waals surface area contributed by atoms with Crippen LogP contribution in [0.4, 0.5) is 4.79 Å². The van der Waals surface area contributed by atoms with Crippen molar-refractivity contribution in [3.05, 3.63) is 40.8 Å². The molecule has 0 atom stereocenters. The fraction of sp³-hybridized carbons (Fsp3) is 0.312. The van der Waals surface area contributed by atoms with Crippen LogP contribution in [-0.2, 0) is 24.3 Å². The Morgan fingerprint density at radius 2 is 2.00 bits per heavy atom. The van der Waals surface area contributed by atoms with E-state index in [2.05, 4.69) is 10.1 Å². The second-order valence-corrected chi connectivity index (χ2v) is 7.17. The topological polar surface area (TPSA) is 122 Å². The molecule has 140 valence electrons. The molecule has 0 aliphatic carbocycles. The van der Waals surface area contributed by atoms with Crippen LogP contribution in [0.3, 0.4) is 0 Å². The monoisotopic (exact) mass is 381 g/mol. The molecule has 1 heterocycles. The lowest BCUT2D eigenvalue weighted by Gasteiger charge is -2.12. The number of benzene rings is 1. The van der Waals surface area contributed by atoms with E-state index in [1.54, 1.807) is 12.1 Å². The van der Waals surface area contributed by atoms with Crippen molar-refractivity contribution in [2.75, 3.05) is 26.2 Å². The van der Waals surface area contributed by atoms with Crippen LogP contribution in [0.2, 0.25) is 0 Å². The van der Waals surface area contributed by atoms with Crippen molar-refractivity contribution >= 4 is 34.0 Å². The number of aryl methyl sites for hydroxylation is 1. The Hall–Kier alpha value is -2.72. The van der Waals surface area contributed by atoms with Crippen molar-refractivity contribution < 1.29 is 27.5 Å². The summed E-state index contributed by atoms with van der Waals surface area (Å²) in [5.41, 5.74) is 1.74. The lowest BCUT2D eigenvalue weighted by atomic mass is 10.2. The largest absolute Gasteiger partial charge is 0.455 e. The predicted molar refractivity (Wildman–Crippen MR) is 93.2 cm³/mol. The molecule has 0 spiro atoms. The van der Waals surface area contributed by atoms with Crippen molar-refractivity contribution in [3.63, 3.8) is 0 Å². The van der Waals surface area contributed by atoms with Gasteiger partial charge >= 0.3 is 12.0 Å². The molecule has 2 rings (SSSR count). The Kier molecular flexibility index (Phi) is 6.47. The van der Waals surface area contributed by atoms with Gasteiger partial charge in [0.25, 0.3) is 5.91 Å². The van der Waals surface area contributed by atoms with Crippen LogP contribution in [0.5, 0.6) is 0 Å². The molecule has 0 bridgehead atoms. The SMILES string of the molecule is Cc1ccc(/C=C/S(=O)(=O)NCC(=O)OCC(=O)N2CCNC2=O)cc1. The Morgan fingerprint density at radius 1 is 1.31 bits per heavy atom. The van der Waals surface area contributed by atoms with Crippen LogP contribution >= 0.6 is 0 Å². The molecule has 1 saturated heterocycles. The van der Waals surface area contributed by atoms with Crippen molar-refractivity contribution in [2.24, 2.45) is 0 Å². The number of esters is 1. The van der Waals surface area contributed by atoms with Crippen LogP contribution in [0.15, 0.2) is 29.7 Å². The molecule has 0 aromatic heterocycles. The number of rotatable bonds is 7. The zero-order chi connectivity index (χ0) is 19.2. The molecular weight excluding hydrogens is 362 g/mol. The average Bonchev–Trinajstić information content (AvgIpc) is 3.03. The van der Waals surface area contributed by atoms with Crippen molar-refractivity contribution in [2.45, 2.75) is 6.92 Å². The van der Waals surface area contributed by atoms with E-state index in [1.165, 1.54) is 6.08 Å². The average molecular weight is 381 g/mol. The summed E-state index contributed by atoms with van der Waals surface area (Å²) < 4.78 is 30.4. The molecule has 1 aliphatic rings. The molecule has 0 unspecified atom stereocenters. The zero-order valence-electron chi connectivity index (χ0n) is 14.1. The van der Waals surface area contributed by atoms with Crippen LogP contribution in [-0.4, -0.2) is 57.5 Å². The van der Waals surface area contributed by atoms with E-state index in [0.717, 1.165) is 15.9 Å². The summed E-state index contributed by atoms with van der Waals surface area (Å²) in [7, 11) is -3.84. The third-order valence-electron chi connectivity index (χ3n) is 3.45. The molecule has 26 heavy (non-hydrogen) atoms. The molecule has 0 saturated carbocycles. The Balaban J connectivity index is 1.77. The first kappa shape index (κ1) is 19.6. The second kappa shape index (κ2) is 8.59. The Morgan fingerprint density at radius 3 is 2.62 bits per heavy atom. The number of hydrogen-bond acceptors (Lipinski definition) is 6. The number of imide groups is 1. The van der Waals surface area contributed by atoms with Crippen LogP contribution < -0.4 is 10.0 Å². The molecule has 10 heteroatoms. The first-order valence-corrected chi connectivity index (χ1v) is 9.30. The van der Waals surface area contributed by atoms with Gasteiger partial charge in [0.1, 0.15) is 6.54 Å². The lowest BCUT2D eigenvalue weighted by molar-refractivity contribution is -0.149. The highest BCUT2D eigenvalue weighted by Crippen LogP contribution is 2.06. The number of carbonyl (C=O) groups is 3. The summed E-state index contributed by atoms with van der Waals surface area (Å²) >= 11 is 0. The third kappa shape index (κ3) is 5.97. The minimum atomic E-state index is -3.84. The summed E-state index contributed by atoms with van der Waals surface area (Å²) in [6.07, 6.45) is 1.39. The van der Waals surface area contributed by atoms with E-state index in [4.69, 9.17) is 0 Å². The highest BCUT2D eigenvalue weighted by molar-refractivity contribution is 7.92. The summed E-state index contributed by atoms with van der Waals surface area (Å²) in [5, 5.41) is 3.38. The normalized spacial score (nSPS) is 14.5. The zero-order valence-corrected chi connectivity index (χ0v) is 14.9. The van der Waals surface area contributed by atoms with Gasteiger partial charge in [-0.2, -0.15) is 0 Å². The first-order valence-electron chi connectivity index (χ1n) is 7.75. The number of carbonyl (C=O) groups excluding carboxylic acids is 3. The van der Waals surface area contributed by atoms with Crippen molar-refractivity contribution in [1.29, 1.82) is 0 Å². The minimum Gasteiger partial charge on any atom is -0.455 e. The summed E-state index contributed by atoms with van der Waals surface area (Å²) in [4.78, 5) is 35.4. The summed E-state index contributed by atoms with van der Waals surface area (Å²) in [5.74, 6) is -1.60. The minimum absolute atomic E-state index is 0.200. The van der Waals surface area contributed by atoms with Gasteiger partial charge in [-0.25, -0.2) is 17.9 Å². The van der Waals surface area contributed by atoms with Gasteiger partial charge in [0.05, 0.1) is 0 Å². The maximum absolute atomic E-state index is 11.8. The van der Waals surface area contributed by atoms with Gasteiger partial charge in [0, 0.05) is 18.5 Å². The fourth-order valence-electron chi connectivity index (χ4n) is 2.03. The molecule has 0 radical (unpaired) electrons. The molecule has 1 fully saturated rings. The number of urea groups is 1. The van der Waals surface area contributed by atoms with E-state index in [9.17, 15) is 22.8 Å². The van der Waals surface area contributed by atoms with Crippen molar-refractivity contribution in [3.8, 4) is 0 Å². The Bertz CT molecular complexity index is 817. The van der Waals surface area contributed by atoms with Gasteiger partial charge in [-0.1, -0.05) is 29.8 Å². The van der Waals surface area contributed by atoms with Crippen molar-refractivity contribution in [1.82, 2.24) is 14.9 Å². The lowest BCUT2D eigenvalue weighted by Crippen LogP contribution is -2.38. The fourth-order valence-corrected chi connectivity index (χ4v) is 2.79. The quantitative estimate of drug-likeness (QED) is 0.640. The van der Waals surface area contributed by atoms with E-state index < -0.39 is 41.1 Å². The maximum atomic E-state index is 11.8. The maximum Gasteiger partial charge on any atom is 0.324 e.